The van der Waals surface area contributed by atoms with Crippen molar-refractivity contribution < 1.29 is 0 Å². The summed E-state index contributed by atoms with van der Waals surface area (Å²) in [4.78, 5) is 0. The smallest absolute Gasteiger partial charge is 0.159 e. The van der Waals surface area contributed by atoms with Gasteiger partial charge in [0, 0.05) is 5.75 Å². The number of benzene rings is 1. The molecule has 0 unspecified atom stereocenters. The topological polar surface area (TPSA) is 59.7 Å². The van der Waals surface area contributed by atoms with Gasteiger partial charge in [-0.25, -0.2) is 0 Å². The molecule has 1 aromatic carbocycles. The van der Waals surface area contributed by atoms with E-state index in [4.69, 9.17) is 10.8 Å². The molecule has 0 atom stereocenters. The van der Waals surface area contributed by atoms with E-state index in [1.807, 2.05) is 30.3 Å². The molecule has 0 saturated heterocycles. The molecule has 0 aliphatic carbocycles. The first-order valence-electron chi connectivity index (χ1n) is 4.26. The third-order valence-electron chi connectivity index (χ3n) is 1.53. The monoisotopic (exact) mass is 207 g/mol. The highest BCUT2D eigenvalue weighted by molar-refractivity contribution is 8.13. The molecule has 14 heavy (non-hydrogen) atoms. The van der Waals surface area contributed by atoms with Gasteiger partial charge >= 0.3 is 0 Å². The Bertz CT molecular complexity index is 321. The molecule has 3 nitrogen and oxygen atoms in total. The average Bonchev–Trinajstić information content (AvgIpc) is 2.15. The number of rotatable bonds is 2. The highest BCUT2D eigenvalue weighted by Gasteiger charge is 1.98. The van der Waals surface area contributed by atoms with Gasteiger partial charge < -0.3 is 5.32 Å². The van der Waals surface area contributed by atoms with Crippen molar-refractivity contribution in [3.05, 3.63) is 35.9 Å². The first-order chi connectivity index (χ1) is 6.68. The summed E-state index contributed by atoms with van der Waals surface area (Å²) in [5.41, 5.74) is 1.19. The van der Waals surface area contributed by atoms with Crippen LogP contribution in [0.25, 0.3) is 0 Å². The lowest BCUT2D eigenvalue weighted by molar-refractivity contribution is 1.26. The summed E-state index contributed by atoms with van der Waals surface area (Å²) in [7, 11) is 0. The van der Waals surface area contributed by atoms with Crippen LogP contribution in [0.15, 0.2) is 30.3 Å². The molecule has 4 heteroatoms. The molecule has 0 heterocycles. The van der Waals surface area contributed by atoms with Crippen molar-refractivity contribution in [2.24, 2.45) is 0 Å². The molecule has 1 rings (SSSR count). The Morgan fingerprint density at radius 3 is 2.50 bits per heavy atom. The summed E-state index contributed by atoms with van der Waals surface area (Å²) in [5.74, 6) is 1.07. The molecule has 0 aromatic heterocycles. The van der Waals surface area contributed by atoms with Crippen molar-refractivity contribution in [3.63, 3.8) is 0 Å². The van der Waals surface area contributed by atoms with E-state index in [-0.39, 0.29) is 0 Å². The lowest BCUT2D eigenvalue weighted by Gasteiger charge is -2.04. The van der Waals surface area contributed by atoms with E-state index in [1.165, 1.54) is 17.3 Å². The zero-order chi connectivity index (χ0) is 10.4. The molecule has 0 bridgehead atoms. The van der Waals surface area contributed by atoms with Gasteiger partial charge in [-0.3, -0.25) is 10.8 Å². The van der Waals surface area contributed by atoms with Gasteiger partial charge in [0.05, 0.1) is 5.84 Å². The molecule has 1 aromatic rings. The van der Waals surface area contributed by atoms with Gasteiger partial charge in [0.15, 0.2) is 5.17 Å². The lowest BCUT2D eigenvalue weighted by atomic mass is 10.2. The van der Waals surface area contributed by atoms with E-state index in [0.717, 1.165) is 5.75 Å². The number of amidine groups is 2. The van der Waals surface area contributed by atoms with Gasteiger partial charge in [0.1, 0.15) is 0 Å². The third-order valence-corrected chi connectivity index (χ3v) is 2.40. The molecule has 0 saturated carbocycles. The van der Waals surface area contributed by atoms with Crippen LogP contribution in [0.2, 0.25) is 0 Å². The minimum atomic E-state index is 0.301. The van der Waals surface area contributed by atoms with Gasteiger partial charge in [0.25, 0.3) is 0 Å². The van der Waals surface area contributed by atoms with Crippen LogP contribution in [0.1, 0.15) is 12.5 Å². The predicted octanol–water partition coefficient (Wildman–Crippen LogP) is 2.44. The van der Waals surface area contributed by atoms with Crippen LogP contribution in [0.3, 0.4) is 0 Å². The molecular formula is C10H13N3S. The maximum Gasteiger partial charge on any atom is 0.159 e. The Morgan fingerprint density at radius 2 is 1.93 bits per heavy atom. The Kier molecular flexibility index (Phi) is 4.19. The summed E-state index contributed by atoms with van der Waals surface area (Å²) in [6.45, 7) is 1.62. The van der Waals surface area contributed by atoms with Crippen LogP contribution in [0.4, 0.5) is 0 Å². The van der Waals surface area contributed by atoms with Gasteiger partial charge in [-0.15, -0.1) is 0 Å². The molecule has 3 N–H and O–H groups in total. The maximum atomic E-state index is 7.48. The Hall–Kier alpha value is -1.29. The second kappa shape index (κ2) is 5.44. The van der Waals surface area contributed by atoms with E-state index >= 15 is 0 Å². The van der Waals surface area contributed by atoms with E-state index < -0.39 is 0 Å². The SMILES string of the molecule is CC(=N)NC(=N)SCc1ccccc1. The summed E-state index contributed by atoms with van der Waals surface area (Å²) in [5, 5.41) is 17.6. The van der Waals surface area contributed by atoms with Gasteiger partial charge in [-0.05, 0) is 12.5 Å². The first-order valence-corrected chi connectivity index (χ1v) is 5.24. The van der Waals surface area contributed by atoms with Crippen molar-refractivity contribution >= 4 is 22.8 Å². The zero-order valence-corrected chi connectivity index (χ0v) is 8.82. The van der Waals surface area contributed by atoms with Crippen LogP contribution in [0, 0.1) is 10.8 Å². The van der Waals surface area contributed by atoms with Crippen molar-refractivity contribution in [1.82, 2.24) is 5.32 Å². The third kappa shape index (κ3) is 4.09. The van der Waals surface area contributed by atoms with Crippen molar-refractivity contribution in [2.75, 3.05) is 0 Å². The normalized spacial score (nSPS) is 9.50. The highest BCUT2D eigenvalue weighted by Crippen LogP contribution is 2.11. The fourth-order valence-electron chi connectivity index (χ4n) is 0.936. The van der Waals surface area contributed by atoms with E-state index in [9.17, 15) is 0 Å². The largest absolute Gasteiger partial charge is 0.324 e. The van der Waals surface area contributed by atoms with Crippen molar-refractivity contribution in [1.29, 1.82) is 10.8 Å². The van der Waals surface area contributed by atoms with Crippen LogP contribution < -0.4 is 5.32 Å². The second-order valence-corrected chi connectivity index (χ2v) is 3.84. The lowest BCUT2D eigenvalue weighted by Crippen LogP contribution is -2.23. The Morgan fingerprint density at radius 1 is 1.29 bits per heavy atom. The Labute approximate surface area is 87.9 Å². The molecule has 0 aliphatic heterocycles. The highest BCUT2D eigenvalue weighted by atomic mass is 32.2. The van der Waals surface area contributed by atoms with Gasteiger partial charge in [-0.2, -0.15) is 0 Å². The summed E-state index contributed by atoms with van der Waals surface area (Å²) < 4.78 is 0. The molecule has 0 aliphatic rings. The standard InChI is InChI=1S/C10H13N3S/c1-8(11)13-10(12)14-7-9-5-3-2-4-6-9/h2-6H,7H2,1H3,(H3,11,12,13). The molecule has 0 fully saturated rings. The average molecular weight is 207 g/mol. The minimum Gasteiger partial charge on any atom is -0.324 e. The summed E-state index contributed by atoms with van der Waals surface area (Å²) in [6, 6.07) is 9.98. The molecule has 74 valence electrons. The van der Waals surface area contributed by atoms with E-state index in [1.54, 1.807) is 6.92 Å². The van der Waals surface area contributed by atoms with Crippen molar-refractivity contribution in [2.45, 2.75) is 12.7 Å². The maximum absolute atomic E-state index is 7.48. The van der Waals surface area contributed by atoms with Gasteiger partial charge in [-0.1, -0.05) is 42.1 Å². The Balaban J connectivity index is 2.34. The number of thioether (sulfide) groups is 1. The second-order valence-electron chi connectivity index (χ2n) is 2.85. The van der Waals surface area contributed by atoms with Gasteiger partial charge in [0.2, 0.25) is 0 Å². The zero-order valence-electron chi connectivity index (χ0n) is 8.00. The van der Waals surface area contributed by atoms with Crippen molar-refractivity contribution in [3.8, 4) is 0 Å². The van der Waals surface area contributed by atoms with E-state index in [2.05, 4.69) is 5.32 Å². The number of nitrogens with one attached hydrogen (secondary N) is 3. The quantitative estimate of drug-likeness (QED) is 0.515. The fraction of sp³-hybridized carbons (Fsp3) is 0.200. The molecule has 0 radical (unpaired) electrons. The number of hydrogen-bond donors (Lipinski definition) is 3. The number of hydrogen-bond acceptors (Lipinski definition) is 3. The summed E-state index contributed by atoms with van der Waals surface area (Å²) >= 11 is 1.39. The molecular weight excluding hydrogens is 194 g/mol. The first kappa shape index (κ1) is 10.8. The summed E-state index contributed by atoms with van der Waals surface area (Å²) in [6.07, 6.45) is 0. The predicted molar refractivity (Wildman–Crippen MR) is 62.0 cm³/mol. The van der Waals surface area contributed by atoms with Crippen LogP contribution >= 0.6 is 11.8 Å². The molecule has 0 spiro atoms. The minimum absolute atomic E-state index is 0.301. The van der Waals surface area contributed by atoms with Crippen LogP contribution in [0.5, 0.6) is 0 Å². The van der Waals surface area contributed by atoms with Crippen LogP contribution in [-0.2, 0) is 5.75 Å². The fourth-order valence-corrected chi connectivity index (χ4v) is 1.66. The molecule has 0 amide bonds. The van der Waals surface area contributed by atoms with E-state index in [0.29, 0.717) is 11.0 Å². The van der Waals surface area contributed by atoms with Crippen LogP contribution in [-0.4, -0.2) is 11.0 Å².